The smallest absolute Gasteiger partial charge is 0.284 e. The predicted octanol–water partition coefficient (Wildman–Crippen LogP) is 2.96. The van der Waals surface area contributed by atoms with Crippen LogP contribution >= 0.6 is 11.3 Å². The van der Waals surface area contributed by atoms with Crippen LogP contribution in [0.4, 0.5) is 0 Å². The van der Waals surface area contributed by atoms with Gasteiger partial charge in [-0.1, -0.05) is 35.5 Å². The molecule has 1 aliphatic rings. The molecular weight excluding hydrogens is 378 g/mol. The number of hydrogen-bond acceptors (Lipinski definition) is 6. The van der Waals surface area contributed by atoms with Crippen LogP contribution in [0.3, 0.4) is 0 Å². The molecule has 144 valence electrons. The van der Waals surface area contributed by atoms with Crippen LogP contribution < -0.4 is 5.48 Å². The van der Waals surface area contributed by atoms with Gasteiger partial charge in [-0.3, -0.25) is 14.8 Å². The lowest BCUT2D eigenvalue weighted by Crippen LogP contribution is -2.36. The van der Waals surface area contributed by atoms with Gasteiger partial charge in [0, 0.05) is 22.5 Å². The molecule has 4 rings (SSSR count). The average Bonchev–Trinajstić information content (AvgIpc) is 3.31. The number of nitrogens with one attached hydrogen (secondary N) is 1. The maximum atomic E-state index is 12.9. The number of carbonyl (C=O) groups excluding carboxylic acids is 2. The summed E-state index contributed by atoms with van der Waals surface area (Å²) in [7, 11) is 0. The number of thiophene rings is 1. The molecule has 0 unspecified atom stereocenters. The second-order valence-corrected chi connectivity index (χ2v) is 7.81. The Morgan fingerprint density at radius 3 is 2.86 bits per heavy atom. The van der Waals surface area contributed by atoms with Crippen LogP contribution in [0.1, 0.15) is 31.4 Å². The summed E-state index contributed by atoms with van der Waals surface area (Å²) < 4.78 is 5.35. The monoisotopic (exact) mass is 397 g/mol. The van der Waals surface area contributed by atoms with Gasteiger partial charge in [0.1, 0.15) is 11.5 Å². The van der Waals surface area contributed by atoms with Gasteiger partial charge in [-0.25, -0.2) is 5.48 Å². The molecule has 1 aromatic carbocycles. The zero-order valence-electron chi connectivity index (χ0n) is 15.3. The molecule has 3 heterocycles. The van der Waals surface area contributed by atoms with Gasteiger partial charge in [0.25, 0.3) is 5.91 Å². The highest BCUT2D eigenvalue weighted by Crippen LogP contribution is 2.30. The van der Waals surface area contributed by atoms with Gasteiger partial charge in [-0.15, -0.1) is 11.3 Å². The van der Waals surface area contributed by atoms with Crippen LogP contribution in [0.25, 0.3) is 11.3 Å². The number of aryl methyl sites for hydroxylation is 1. The fraction of sp³-hybridized carbons (Fsp3) is 0.250. The Balaban J connectivity index is 1.52. The van der Waals surface area contributed by atoms with E-state index < -0.39 is 5.91 Å². The Hall–Kier alpha value is -2.97. The zero-order valence-corrected chi connectivity index (χ0v) is 16.1. The number of nitrogens with zero attached hydrogens (tertiary/aromatic N) is 2. The molecule has 2 amide bonds. The molecule has 2 aromatic heterocycles. The lowest BCUT2D eigenvalue weighted by atomic mass is 10.0. The number of benzene rings is 1. The Bertz CT molecular complexity index is 1030. The third-order valence-corrected chi connectivity index (χ3v) is 6.08. The van der Waals surface area contributed by atoms with Crippen molar-refractivity contribution in [3.8, 4) is 11.3 Å². The zero-order chi connectivity index (χ0) is 19.7. The summed E-state index contributed by atoms with van der Waals surface area (Å²) >= 11 is 1.30. The minimum Gasteiger partial charge on any atom is -0.361 e. The first-order valence-electron chi connectivity index (χ1n) is 8.91. The normalized spacial score (nSPS) is 13.3. The van der Waals surface area contributed by atoms with Gasteiger partial charge in [-0.2, -0.15) is 0 Å². The van der Waals surface area contributed by atoms with Crippen molar-refractivity contribution in [3.63, 3.8) is 0 Å². The van der Waals surface area contributed by atoms with E-state index in [0.29, 0.717) is 35.8 Å². The summed E-state index contributed by atoms with van der Waals surface area (Å²) in [5, 5.41) is 12.9. The number of carbonyl (C=O) groups is 2. The molecular formula is C20H19N3O4S. The summed E-state index contributed by atoms with van der Waals surface area (Å²) in [5.74, 6) is 0.114. The minimum absolute atomic E-state index is 0.00399. The van der Waals surface area contributed by atoms with Crippen molar-refractivity contribution >= 4 is 23.2 Å². The Morgan fingerprint density at radius 1 is 1.32 bits per heavy atom. The minimum atomic E-state index is -0.523. The van der Waals surface area contributed by atoms with Crippen molar-refractivity contribution in [2.24, 2.45) is 0 Å². The van der Waals surface area contributed by atoms with Crippen molar-refractivity contribution in [1.82, 2.24) is 15.5 Å². The second-order valence-electron chi connectivity index (χ2n) is 6.67. The van der Waals surface area contributed by atoms with E-state index in [-0.39, 0.29) is 12.3 Å². The quantitative estimate of drug-likeness (QED) is 0.521. The second kappa shape index (κ2) is 7.57. The van der Waals surface area contributed by atoms with E-state index in [1.165, 1.54) is 11.3 Å². The van der Waals surface area contributed by atoms with Crippen LogP contribution in [0.2, 0.25) is 0 Å². The summed E-state index contributed by atoms with van der Waals surface area (Å²) in [6.45, 7) is 2.87. The molecule has 0 fully saturated rings. The van der Waals surface area contributed by atoms with Crippen molar-refractivity contribution in [1.29, 1.82) is 0 Å². The van der Waals surface area contributed by atoms with Gasteiger partial charge in [0.2, 0.25) is 5.91 Å². The molecule has 0 saturated heterocycles. The molecule has 1 aliphatic heterocycles. The molecule has 7 nitrogen and oxygen atoms in total. The van der Waals surface area contributed by atoms with E-state index in [2.05, 4.69) is 5.16 Å². The largest absolute Gasteiger partial charge is 0.361 e. The van der Waals surface area contributed by atoms with E-state index in [9.17, 15) is 9.59 Å². The number of hydroxylamine groups is 1. The molecule has 0 bridgehead atoms. The van der Waals surface area contributed by atoms with Crippen molar-refractivity contribution in [3.05, 3.63) is 63.0 Å². The number of hydrogen-bond donors (Lipinski definition) is 2. The van der Waals surface area contributed by atoms with Crippen LogP contribution in [0.15, 0.2) is 40.9 Å². The summed E-state index contributed by atoms with van der Waals surface area (Å²) in [4.78, 5) is 27.8. The van der Waals surface area contributed by atoms with Crippen LogP contribution in [-0.2, 0) is 24.2 Å². The highest BCUT2D eigenvalue weighted by molar-refractivity contribution is 7.14. The summed E-state index contributed by atoms with van der Waals surface area (Å²) in [6, 6.07) is 11.4. The van der Waals surface area contributed by atoms with E-state index >= 15 is 0 Å². The Kier molecular flexibility index (Phi) is 4.97. The van der Waals surface area contributed by atoms with Gasteiger partial charge in [0.05, 0.1) is 17.8 Å². The van der Waals surface area contributed by atoms with Gasteiger partial charge in [0.15, 0.2) is 0 Å². The molecule has 0 atom stereocenters. The topological polar surface area (TPSA) is 95.7 Å². The third kappa shape index (κ3) is 3.44. The number of rotatable bonds is 4. The Morgan fingerprint density at radius 2 is 2.11 bits per heavy atom. The molecule has 0 spiro atoms. The number of amides is 2. The van der Waals surface area contributed by atoms with Crippen LogP contribution in [0, 0.1) is 6.92 Å². The van der Waals surface area contributed by atoms with Crippen molar-refractivity contribution < 1.29 is 19.3 Å². The first-order chi connectivity index (χ1) is 13.6. The fourth-order valence-electron chi connectivity index (χ4n) is 3.38. The molecule has 0 radical (unpaired) electrons. The van der Waals surface area contributed by atoms with Crippen molar-refractivity contribution in [2.75, 3.05) is 6.54 Å². The van der Waals surface area contributed by atoms with E-state index in [1.807, 2.05) is 37.3 Å². The molecule has 3 aromatic rings. The highest BCUT2D eigenvalue weighted by atomic mass is 32.1. The first kappa shape index (κ1) is 18.4. The summed E-state index contributed by atoms with van der Waals surface area (Å²) in [6.07, 6.45) is 0.898. The lowest BCUT2D eigenvalue weighted by molar-refractivity contribution is -0.131. The van der Waals surface area contributed by atoms with E-state index in [4.69, 9.17) is 9.73 Å². The first-order valence-corrected chi connectivity index (χ1v) is 9.73. The van der Waals surface area contributed by atoms with E-state index in [0.717, 1.165) is 21.6 Å². The van der Waals surface area contributed by atoms with E-state index in [1.54, 1.807) is 16.4 Å². The predicted molar refractivity (Wildman–Crippen MR) is 103 cm³/mol. The average molecular weight is 397 g/mol. The molecule has 0 aliphatic carbocycles. The third-order valence-electron chi connectivity index (χ3n) is 4.92. The van der Waals surface area contributed by atoms with Gasteiger partial charge >= 0.3 is 0 Å². The van der Waals surface area contributed by atoms with Crippen molar-refractivity contribution in [2.45, 2.75) is 26.3 Å². The van der Waals surface area contributed by atoms with Crippen LogP contribution in [-0.4, -0.2) is 33.6 Å². The maximum absolute atomic E-state index is 12.9. The molecule has 28 heavy (non-hydrogen) atoms. The number of aromatic nitrogens is 1. The van der Waals surface area contributed by atoms with Gasteiger partial charge < -0.3 is 9.42 Å². The standard InChI is InChI=1S/C20H19N3O4S/c1-12-15(19(22-27-12)13-5-3-2-4-6-13)10-18(24)23-8-7-14-9-16(20(25)21-26)28-17(14)11-23/h2-6,9,26H,7-8,10-11H2,1H3,(H,21,25). The fourth-order valence-corrected chi connectivity index (χ4v) is 4.50. The number of fused-ring (bicyclic) bond motifs is 1. The Labute approximate surface area is 165 Å². The maximum Gasteiger partial charge on any atom is 0.284 e. The molecule has 0 saturated carbocycles. The molecule has 8 heteroatoms. The molecule has 2 N–H and O–H groups in total. The highest BCUT2D eigenvalue weighted by Gasteiger charge is 2.26. The van der Waals surface area contributed by atoms with Gasteiger partial charge in [-0.05, 0) is 25.0 Å². The summed E-state index contributed by atoms with van der Waals surface area (Å²) in [5.41, 5.74) is 5.12. The van der Waals surface area contributed by atoms with Crippen LogP contribution in [0.5, 0.6) is 0 Å². The SMILES string of the molecule is Cc1onc(-c2ccccc2)c1CC(=O)N1CCc2cc(C(=O)NO)sc2C1. The lowest BCUT2D eigenvalue weighted by Gasteiger charge is -2.27.